The molecule has 3 aromatic rings. The summed E-state index contributed by atoms with van der Waals surface area (Å²) in [6.07, 6.45) is 0. The van der Waals surface area contributed by atoms with E-state index >= 15 is 0 Å². The third-order valence-corrected chi connectivity index (χ3v) is 4.41. The zero-order valence-corrected chi connectivity index (χ0v) is 16.3. The lowest BCUT2D eigenvalue weighted by Crippen LogP contribution is -2.30. The summed E-state index contributed by atoms with van der Waals surface area (Å²) in [6.45, 7) is 6.89. The molecule has 6 heteroatoms. The number of nitrogens with one attached hydrogen (secondary N) is 1. The van der Waals surface area contributed by atoms with Crippen LogP contribution < -0.4 is 10.2 Å². The second kappa shape index (κ2) is 8.61. The zero-order chi connectivity index (χ0) is 20.1. The monoisotopic (exact) mass is 380 g/mol. The van der Waals surface area contributed by atoms with Crippen LogP contribution in [0.5, 0.6) is 0 Å². The molecule has 0 saturated heterocycles. The lowest BCUT2D eigenvalue weighted by Gasteiger charge is -2.27. The molecule has 0 unspecified atom stereocenters. The first-order chi connectivity index (χ1) is 13.5. The highest BCUT2D eigenvalue weighted by atomic mass is 16.5. The highest BCUT2D eigenvalue weighted by Crippen LogP contribution is 2.21. The molecule has 1 aromatic heterocycles. The molecule has 0 bridgehead atoms. The van der Waals surface area contributed by atoms with Gasteiger partial charge in [-0.15, -0.1) is 0 Å². The van der Waals surface area contributed by atoms with Crippen molar-refractivity contribution in [2.24, 2.45) is 0 Å². The number of fused-ring (bicyclic) bond motifs is 1. The summed E-state index contributed by atoms with van der Waals surface area (Å²) in [4.78, 5) is 26.4. The van der Waals surface area contributed by atoms with Crippen LogP contribution in [0.2, 0.25) is 0 Å². The van der Waals surface area contributed by atoms with E-state index in [9.17, 15) is 9.59 Å². The molecule has 146 valence electrons. The van der Waals surface area contributed by atoms with Gasteiger partial charge in [-0.1, -0.05) is 18.2 Å². The normalized spacial score (nSPS) is 10.9. The topological polar surface area (TPSA) is 71.8 Å². The zero-order valence-electron chi connectivity index (χ0n) is 16.3. The molecule has 1 N–H and O–H groups in total. The Bertz CT molecular complexity index is 927. The summed E-state index contributed by atoms with van der Waals surface area (Å²) < 4.78 is 10.5. The van der Waals surface area contributed by atoms with Crippen LogP contribution in [-0.4, -0.2) is 31.1 Å². The number of nitrogens with zero attached hydrogens (tertiary/aromatic N) is 1. The molecule has 6 nitrogen and oxygen atoms in total. The number of carbonyl (C=O) groups excluding carboxylic acids is 2. The number of anilines is 2. The minimum atomic E-state index is -0.669. The number of carbonyl (C=O) groups is 2. The SMILES string of the molecule is CCN(c1ccc(NC(=O)COC(=O)c2cc3ccccc3o2)cc1)C(C)C. The number of benzene rings is 2. The Morgan fingerprint density at radius 1 is 1.11 bits per heavy atom. The number of hydrogen-bond acceptors (Lipinski definition) is 5. The van der Waals surface area contributed by atoms with Crippen LogP contribution in [-0.2, 0) is 9.53 Å². The van der Waals surface area contributed by atoms with Gasteiger partial charge in [0.05, 0.1) is 0 Å². The van der Waals surface area contributed by atoms with E-state index in [0.717, 1.165) is 17.6 Å². The van der Waals surface area contributed by atoms with E-state index in [0.29, 0.717) is 17.3 Å². The number of ether oxygens (including phenoxy) is 1. The van der Waals surface area contributed by atoms with Gasteiger partial charge in [-0.05, 0) is 57.2 Å². The summed E-state index contributed by atoms with van der Waals surface area (Å²) in [6, 6.07) is 16.8. The average molecular weight is 380 g/mol. The Morgan fingerprint density at radius 3 is 2.46 bits per heavy atom. The second-order valence-corrected chi connectivity index (χ2v) is 6.70. The van der Waals surface area contributed by atoms with Crippen LogP contribution in [0.4, 0.5) is 11.4 Å². The van der Waals surface area contributed by atoms with Gasteiger partial charge in [0, 0.05) is 29.3 Å². The molecule has 1 amide bonds. The van der Waals surface area contributed by atoms with E-state index in [-0.39, 0.29) is 12.4 Å². The molecule has 0 aliphatic rings. The lowest BCUT2D eigenvalue weighted by molar-refractivity contribution is -0.119. The first kappa shape index (κ1) is 19.5. The highest BCUT2D eigenvalue weighted by molar-refractivity contribution is 5.96. The molecule has 0 spiro atoms. The molecule has 0 saturated carbocycles. The van der Waals surface area contributed by atoms with Gasteiger partial charge in [0.25, 0.3) is 5.91 Å². The van der Waals surface area contributed by atoms with E-state index in [1.165, 1.54) is 0 Å². The van der Waals surface area contributed by atoms with Gasteiger partial charge in [-0.2, -0.15) is 0 Å². The smallest absolute Gasteiger partial charge is 0.374 e. The largest absolute Gasteiger partial charge is 0.450 e. The molecule has 28 heavy (non-hydrogen) atoms. The van der Waals surface area contributed by atoms with Gasteiger partial charge >= 0.3 is 5.97 Å². The molecule has 0 aliphatic heterocycles. The Labute approximate surface area is 164 Å². The van der Waals surface area contributed by atoms with Crippen LogP contribution in [0.3, 0.4) is 0 Å². The van der Waals surface area contributed by atoms with Crippen molar-refractivity contribution in [3.8, 4) is 0 Å². The van der Waals surface area contributed by atoms with Crippen molar-refractivity contribution in [2.45, 2.75) is 26.8 Å². The van der Waals surface area contributed by atoms with Gasteiger partial charge in [-0.25, -0.2) is 4.79 Å². The molecule has 2 aromatic carbocycles. The summed E-state index contributed by atoms with van der Waals surface area (Å²) in [5, 5.41) is 3.53. The average Bonchev–Trinajstić information content (AvgIpc) is 3.12. The maximum Gasteiger partial charge on any atom is 0.374 e. The summed E-state index contributed by atoms with van der Waals surface area (Å²) in [7, 11) is 0. The van der Waals surface area contributed by atoms with E-state index < -0.39 is 11.9 Å². The standard InChI is InChI=1S/C22H24N2O4/c1-4-24(15(2)3)18-11-9-17(10-12-18)23-21(25)14-27-22(26)20-13-16-7-5-6-8-19(16)28-20/h5-13,15H,4,14H2,1-3H3,(H,23,25). The molecular weight excluding hydrogens is 356 g/mol. The lowest BCUT2D eigenvalue weighted by atomic mass is 10.2. The van der Waals surface area contributed by atoms with E-state index in [1.54, 1.807) is 12.1 Å². The number of furan rings is 1. The Kier molecular flexibility index (Phi) is 5.99. The van der Waals surface area contributed by atoms with Crippen molar-refractivity contribution < 1.29 is 18.7 Å². The first-order valence-electron chi connectivity index (χ1n) is 9.30. The fourth-order valence-corrected chi connectivity index (χ4v) is 3.06. The van der Waals surface area contributed by atoms with E-state index in [2.05, 4.69) is 31.0 Å². The van der Waals surface area contributed by atoms with Crippen molar-refractivity contribution >= 4 is 34.2 Å². The van der Waals surface area contributed by atoms with Crippen molar-refractivity contribution in [2.75, 3.05) is 23.4 Å². The Morgan fingerprint density at radius 2 is 1.82 bits per heavy atom. The van der Waals surface area contributed by atoms with Gasteiger partial charge in [0.1, 0.15) is 5.58 Å². The molecule has 0 aliphatic carbocycles. The predicted molar refractivity (Wildman–Crippen MR) is 110 cm³/mol. The molecular formula is C22H24N2O4. The van der Waals surface area contributed by atoms with Gasteiger partial charge in [-0.3, -0.25) is 4.79 Å². The number of rotatable bonds is 7. The second-order valence-electron chi connectivity index (χ2n) is 6.70. The number of hydrogen-bond donors (Lipinski definition) is 1. The first-order valence-corrected chi connectivity index (χ1v) is 9.30. The fraction of sp³-hybridized carbons (Fsp3) is 0.273. The third kappa shape index (κ3) is 4.52. The fourth-order valence-electron chi connectivity index (χ4n) is 3.06. The quantitative estimate of drug-likeness (QED) is 0.613. The summed E-state index contributed by atoms with van der Waals surface area (Å²) in [5.74, 6) is -1.00. The van der Waals surface area contributed by atoms with Crippen LogP contribution in [0.15, 0.2) is 59.0 Å². The minimum Gasteiger partial charge on any atom is -0.450 e. The van der Waals surface area contributed by atoms with Crippen LogP contribution in [0.1, 0.15) is 31.3 Å². The molecule has 1 heterocycles. The highest BCUT2D eigenvalue weighted by Gasteiger charge is 2.15. The molecule has 0 fully saturated rings. The van der Waals surface area contributed by atoms with Crippen molar-refractivity contribution in [3.05, 3.63) is 60.4 Å². The minimum absolute atomic E-state index is 0.0756. The molecule has 0 radical (unpaired) electrons. The number of amides is 1. The number of esters is 1. The van der Waals surface area contributed by atoms with Gasteiger partial charge in [0.15, 0.2) is 6.61 Å². The maximum absolute atomic E-state index is 12.1. The Hall–Kier alpha value is -3.28. The van der Waals surface area contributed by atoms with E-state index in [1.807, 2.05) is 42.5 Å². The Balaban J connectivity index is 1.54. The van der Waals surface area contributed by atoms with Crippen LogP contribution in [0, 0.1) is 0 Å². The van der Waals surface area contributed by atoms with E-state index in [4.69, 9.17) is 9.15 Å². The molecule has 3 rings (SSSR count). The van der Waals surface area contributed by atoms with Gasteiger partial charge in [0.2, 0.25) is 5.76 Å². The molecule has 0 atom stereocenters. The van der Waals surface area contributed by atoms with Crippen LogP contribution >= 0.6 is 0 Å². The third-order valence-electron chi connectivity index (χ3n) is 4.41. The van der Waals surface area contributed by atoms with Crippen molar-refractivity contribution in [1.82, 2.24) is 0 Å². The predicted octanol–water partition coefficient (Wildman–Crippen LogP) is 4.46. The van der Waals surface area contributed by atoms with Gasteiger partial charge < -0.3 is 19.4 Å². The maximum atomic E-state index is 12.1. The van der Waals surface area contributed by atoms with Crippen molar-refractivity contribution in [1.29, 1.82) is 0 Å². The number of para-hydroxylation sites is 1. The summed E-state index contributed by atoms with van der Waals surface area (Å²) in [5.41, 5.74) is 2.33. The van der Waals surface area contributed by atoms with Crippen molar-refractivity contribution in [3.63, 3.8) is 0 Å². The van der Waals surface area contributed by atoms with Crippen LogP contribution in [0.25, 0.3) is 11.0 Å². The summed E-state index contributed by atoms with van der Waals surface area (Å²) >= 11 is 0.